The molecule has 7 heteroatoms. The van der Waals surface area contributed by atoms with Crippen LogP contribution in [0, 0.1) is 5.92 Å². The van der Waals surface area contributed by atoms with E-state index in [9.17, 15) is 4.79 Å². The molecule has 0 aliphatic carbocycles. The zero-order valence-electron chi connectivity index (χ0n) is 16.8. The van der Waals surface area contributed by atoms with E-state index in [1.54, 1.807) is 7.05 Å². The Hall–Kier alpha value is -0.570. The van der Waals surface area contributed by atoms with Gasteiger partial charge in [-0.25, -0.2) is 0 Å². The second-order valence-corrected chi connectivity index (χ2v) is 7.52. The number of likely N-dealkylation sites (tertiary alicyclic amines) is 2. The van der Waals surface area contributed by atoms with E-state index < -0.39 is 0 Å². The Morgan fingerprint density at radius 1 is 1.15 bits per heavy atom. The second-order valence-electron chi connectivity index (χ2n) is 7.52. The summed E-state index contributed by atoms with van der Waals surface area (Å²) < 4.78 is 0. The highest BCUT2D eigenvalue weighted by Crippen LogP contribution is 2.20. The summed E-state index contributed by atoms with van der Waals surface area (Å²) in [6, 6.07) is 0.743. The van der Waals surface area contributed by atoms with Crippen LogP contribution in [0.2, 0.25) is 0 Å². The van der Waals surface area contributed by atoms with Gasteiger partial charge in [-0.3, -0.25) is 9.79 Å². The Bertz CT molecular complexity index is 438. The topological polar surface area (TPSA) is 60.0 Å². The minimum absolute atomic E-state index is 0. The molecule has 1 unspecified atom stereocenters. The maximum Gasteiger partial charge on any atom is 0.220 e. The first-order chi connectivity index (χ1) is 12.1. The highest BCUT2D eigenvalue weighted by molar-refractivity contribution is 14.0. The van der Waals surface area contributed by atoms with E-state index in [4.69, 9.17) is 0 Å². The number of halogens is 1. The number of hydrogen-bond donors (Lipinski definition) is 2. The number of rotatable bonds is 6. The van der Waals surface area contributed by atoms with E-state index in [1.807, 2.05) is 7.05 Å². The number of nitrogens with zero attached hydrogens (tertiary/aromatic N) is 3. The van der Waals surface area contributed by atoms with E-state index in [0.717, 1.165) is 50.9 Å². The predicted molar refractivity (Wildman–Crippen MR) is 119 cm³/mol. The molecule has 2 N–H and O–H groups in total. The van der Waals surface area contributed by atoms with Gasteiger partial charge in [0.25, 0.3) is 0 Å². The van der Waals surface area contributed by atoms with Crippen molar-refractivity contribution in [1.29, 1.82) is 0 Å². The van der Waals surface area contributed by atoms with Crippen molar-refractivity contribution >= 4 is 35.8 Å². The summed E-state index contributed by atoms with van der Waals surface area (Å²) in [5.41, 5.74) is 0. The monoisotopic (exact) mass is 479 g/mol. The molecule has 2 aliphatic rings. The van der Waals surface area contributed by atoms with Crippen LogP contribution in [0.1, 0.15) is 51.9 Å². The third-order valence-electron chi connectivity index (χ3n) is 5.72. The molecular formula is C19H38IN5O. The summed E-state index contributed by atoms with van der Waals surface area (Å²) in [5, 5.41) is 6.26. The van der Waals surface area contributed by atoms with E-state index in [2.05, 4.69) is 32.3 Å². The van der Waals surface area contributed by atoms with Crippen LogP contribution in [0.3, 0.4) is 0 Å². The first-order valence-electron chi connectivity index (χ1n) is 10.0. The molecule has 152 valence electrons. The smallest absolute Gasteiger partial charge is 0.220 e. The van der Waals surface area contributed by atoms with Crippen molar-refractivity contribution in [3.8, 4) is 0 Å². The third-order valence-corrected chi connectivity index (χ3v) is 5.72. The standard InChI is InChI=1S/C19H37N5O.HI/c1-16-7-4-5-11-23(16)12-6-10-22-19(21-3)24-13-8-17(9-14-24)15-18(25)20-2;/h16-17H,4-15H2,1-3H3,(H,20,25)(H,21,22);1H. The molecule has 0 aromatic heterocycles. The number of aliphatic imine (C=N–C) groups is 1. The minimum Gasteiger partial charge on any atom is -0.359 e. The third kappa shape index (κ3) is 7.58. The zero-order chi connectivity index (χ0) is 18.1. The summed E-state index contributed by atoms with van der Waals surface area (Å²) in [6.07, 6.45) is 8.04. The van der Waals surface area contributed by atoms with Crippen LogP contribution in [0.4, 0.5) is 0 Å². The van der Waals surface area contributed by atoms with Crippen molar-refractivity contribution < 1.29 is 4.79 Å². The van der Waals surface area contributed by atoms with Gasteiger partial charge in [0.2, 0.25) is 5.91 Å². The fourth-order valence-electron chi connectivity index (χ4n) is 4.02. The average Bonchev–Trinajstić information content (AvgIpc) is 2.64. The highest BCUT2D eigenvalue weighted by Gasteiger charge is 2.23. The molecule has 2 saturated heterocycles. The Labute approximate surface area is 176 Å². The summed E-state index contributed by atoms with van der Waals surface area (Å²) in [4.78, 5) is 20.9. The van der Waals surface area contributed by atoms with Gasteiger partial charge in [0.15, 0.2) is 5.96 Å². The van der Waals surface area contributed by atoms with Crippen molar-refractivity contribution in [1.82, 2.24) is 20.4 Å². The van der Waals surface area contributed by atoms with E-state index in [-0.39, 0.29) is 29.9 Å². The molecule has 0 aromatic rings. The minimum atomic E-state index is 0. The molecule has 0 saturated carbocycles. The van der Waals surface area contributed by atoms with Gasteiger partial charge >= 0.3 is 0 Å². The van der Waals surface area contributed by atoms with Crippen LogP contribution >= 0.6 is 24.0 Å². The lowest BCUT2D eigenvalue weighted by Crippen LogP contribution is -2.46. The normalized spacial score (nSPS) is 22.7. The summed E-state index contributed by atoms with van der Waals surface area (Å²) in [7, 11) is 3.58. The van der Waals surface area contributed by atoms with Gasteiger partial charge in [-0.2, -0.15) is 0 Å². The van der Waals surface area contributed by atoms with Gasteiger partial charge in [-0.15, -0.1) is 24.0 Å². The number of guanidine groups is 1. The number of hydrogen-bond acceptors (Lipinski definition) is 3. The Morgan fingerprint density at radius 3 is 2.50 bits per heavy atom. The molecule has 6 nitrogen and oxygen atoms in total. The van der Waals surface area contributed by atoms with Crippen molar-refractivity contribution in [2.24, 2.45) is 10.9 Å². The van der Waals surface area contributed by atoms with Crippen molar-refractivity contribution in [3.05, 3.63) is 0 Å². The molecule has 0 radical (unpaired) electrons. The predicted octanol–water partition coefficient (Wildman–Crippen LogP) is 2.29. The number of piperidine rings is 2. The van der Waals surface area contributed by atoms with Crippen molar-refractivity contribution in [2.45, 2.75) is 57.9 Å². The summed E-state index contributed by atoms with van der Waals surface area (Å²) in [5.74, 6) is 1.69. The number of amides is 1. The highest BCUT2D eigenvalue weighted by atomic mass is 127. The van der Waals surface area contributed by atoms with Gasteiger partial charge in [0.1, 0.15) is 0 Å². The fraction of sp³-hybridized carbons (Fsp3) is 0.895. The fourth-order valence-corrected chi connectivity index (χ4v) is 4.02. The van der Waals surface area contributed by atoms with Gasteiger partial charge < -0.3 is 20.4 Å². The molecular weight excluding hydrogens is 441 g/mol. The van der Waals surface area contributed by atoms with Gasteiger partial charge in [0.05, 0.1) is 0 Å². The number of carbonyl (C=O) groups excluding carboxylic acids is 1. The van der Waals surface area contributed by atoms with E-state index >= 15 is 0 Å². The lowest BCUT2D eigenvalue weighted by atomic mass is 9.93. The SMILES string of the molecule is CN=C(NCCCN1CCCCC1C)N1CCC(CC(=O)NC)CC1.I. The van der Waals surface area contributed by atoms with Crippen LogP contribution in [0.15, 0.2) is 4.99 Å². The molecule has 0 bridgehead atoms. The number of nitrogens with one attached hydrogen (secondary N) is 2. The number of carbonyl (C=O) groups is 1. The maximum absolute atomic E-state index is 11.5. The molecule has 2 aliphatic heterocycles. The lowest BCUT2D eigenvalue weighted by molar-refractivity contribution is -0.121. The van der Waals surface area contributed by atoms with Crippen molar-refractivity contribution in [3.63, 3.8) is 0 Å². The van der Waals surface area contributed by atoms with Crippen molar-refractivity contribution in [2.75, 3.05) is 46.8 Å². The van der Waals surface area contributed by atoms with E-state index in [1.165, 1.54) is 32.4 Å². The van der Waals surface area contributed by atoms with Crippen LogP contribution in [0.5, 0.6) is 0 Å². The van der Waals surface area contributed by atoms with Gasteiger partial charge in [-0.1, -0.05) is 6.42 Å². The van der Waals surface area contributed by atoms with Crippen LogP contribution in [0.25, 0.3) is 0 Å². The quantitative estimate of drug-likeness (QED) is 0.266. The molecule has 2 rings (SSSR count). The average molecular weight is 479 g/mol. The molecule has 2 fully saturated rings. The zero-order valence-corrected chi connectivity index (χ0v) is 19.1. The Balaban J connectivity index is 0.00000338. The van der Waals surface area contributed by atoms with Crippen LogP contribution in [-0.2, 0) is 4.79 Å². The maximum atomic E-state index is 11.5. The Morgan fingerprint density at radius 2 is 1.88 bits per heavy atom. The largest absolute Gasteiger partial charge is 0.359 e. The molecule has 0 spiro atoms. The van der Waals surface area contributed by atoms with Gasteiger partial charge in [0, 0.05) is 52.7 Å². The lowest BCUT2D eigenvalue weighted by Gasteiger charge is -2.35. The first kappa shape index (κ1) is 23.5. The molecule has 0 aromatic carbocycles. The molecule has 26 heavy (non-hydrogen) atoms. The summed E-state index contributed by atoms with van der Waals surface area (Å²) >= 11 is 0. The second kappa shape index (κ2) is 12.8. The van der Waals surface area contributed by atoms with E-state index in [0.29, 0.717) is 12.3 Å². The Kier molecular flexibility index (Phi) is 11.5. The van der Waals surface area contributed by atoms with Crippen LogP contribution in [-0.4, -0.2) is 74.5 Å². The molecule has 1 amide bonds. The van der Waals surface area contributed by atoms with Gasteiger partial charge in [-0.05, 0) is 51.5 Å². The summed E-state index contributed by atoms with van der Waals surface area (Å²) in [6.45, 7) is 7.76. The first-order valence-corrected chi connectivity index (χ1v) is 10.0. The molecule has 2 heterocycles. The molecule has 1 atom stereocenters. The van der Waals surface area contributed by atoms with Crippen LogP contribution < -0.4 is 10.6 Å².